The third-order valence-electron chi connectivity index (χ3n) is 12.7. The summed E-state index contributed by atoms with van der Waals surface area (Å²) in [6.45, 7) is 9.20. The topological polar surface area (TPSA) is 132 Å². The Kier molecular flexibility index (Phi) is 15.2. The van der Waals surface area contributed by atoms with Crippen LogP contribution < -0.4 is 23.7 Å². The number of allylic oxidation sites excluding steroid dienone is 3. The van der Waals surface area contributed by atoms with E-state index in [1.54, 1.807) is 41.5 Å². The molecule has 0 spiro atoms. The molecule has 16 heteroatoms. The van der Waals surface area contributed by atoms with Gasteiger partial charge in [0.25, 0.3) is 25.2 Å². The zero-order chi connectivity index (χ0) is 49.9. The van der Waals surface area contributed by atoms with E-state index in [0.29, 0.717) is 19.5 Å². The molecule has 0 bridgehead atoms. The van der Waals surface area contributed by atoms with Crippen molar-refractivity contribution in [3.05, 3.63) is 159 Å². The van der Waals surface area contributed by atoms with Crippen LogP contribution in [0, 0.1) is 0 Å². The predicted molar refractivity (Wildman–Crippen MR) is 296 cm³/mol. The van der Waals surface area contributed by atoms with Crippen molar-refractivity contribution in [3.8, 4) is 5.75 Å². The molecule has 2 aliphatic rings. The van der Waals surface area contributed by atoms with Crippen molar-refractivity contribution in [2.24, 2.45) is 0 Å². The van der Waals surface area contributed by atoms with Crippen molar-refractivity contribution in [3.63, 3.8) is 0 Å². The van der Waals surface area contributed by atoms with E-state index in [0.717, 1.165) is 76.1 Å². The molecule has 8 aromatic rings. The van der Waals surface area contributed by atoms with Gasteiger partial charge in [0.05, 0.1) is 29.3 Å². The molecule has 0 fully saturated rings. The van der Waals surface area contributed by atoms with Gasteiger partial charge in [0.2, 0.25) is 16.7 Å². The van der Waals surface area contributed by atoms with E-state index in [-0.39, 0.29) is 24.3 Å². The number of thiazole rings is 1. The summed E-state index contributed by atoms with van der Waals surface area (Å²) in [5, 5.41) is 8.41. The summed E-state index contributed by atoms with van der Waals surface area (Å²) in [4.78, 5) is 5.59. The first-order valence-electron chi connectivity index (χ1n) is 23.7. The van der Waals surface area contributed by atoms with Crippen LogP contribution in [0.25, 0.3) is 60.2 Å². The maximum absolute atomic E-state index is 11.6. The number of rotatable bonds is 15. The van der Waals surface area contributed by atoms with Crippen molar-refractivity contribution in [1.29, 1.82) is 0 Å². The number of hydrogen-bond acceptors (Lipinski definition) is 10. The molecule has 0 amide bonds. The van der Waals surface area contributed by atoms with Crippen molar-refractivity contribution in [1.82, 2.24) is 0 Å². The van der Waals surface area contributed by atoms with Crippen LogP contribution in [0.2, 0.25) is 0 Å². The fourth-order valence-corrected chi connectivity index (χ4v) is 13.9. The number of likely N-dealkylation sites (N-methyl/N-ethyl adjacent to an activating group) is 1. The van der Waals surface area contributed by atoms with Gasteiger partial charge in [-0.1, -0.05) is 96.8 Å². The van der Waals surface area contributed by atoms with Crippen LogP contribution >= 0.6 is 34.4 Å². The molecular formula is C55H56N4O7S5+2. The quantitative estimate of drug-likeness (QED) is 0.0755. The number of thioether (sulfide) groups is 1. The van der Waals surface area contributed by atoms with Crippen LogP contribution in [-0.4, -0.2) is 57.6 Å². The maximum Gasteiger partial charge on any atom is 0.265 e. The Bertz CT molecular complexity index is 3670. The molecule has 0 radical (unpaired) electrons. The minimum absolute atomic E-state index is 0.247. The van der Waals surface area contributed by atoms with Crippen LogP contribution in [0.3, 0.4) is 0 Å². The van der Waals surface area contributed by atoms with Gasteiger partial charge in [0.1, 0.15) is 21.7 Å². The lowest BCUT2D eigenvalue weighted by atomic mass is 10.0. The van der Waals surface area contributed by atoms with E-state index in [1.807, 2.05) is 29.6 Å². The van der Waals surface area contributed by atoms with Crippen molar-refractivity contribution in [2.45, 2.75) is 58.0 Å². The zero-order valence-corrected chi connectivity index (χ0v) is 44.1. The Labute approximate surface area is 427 Å². The number of methoxy groups -OCH3 is 1. The maximum atomic E-state index is 11.6. The summed E-state index contributed by atoms with van der Waals surface area (Å²) in [6, 6.07) is 37.9. The molecule has 10 rings (SSSR count). The second-order valence-electron chi connectivity index (χ2n) is 17.2. The van der Waals surface area contributed by atoms with Gasteiger partial charge in [-0.3, -0.25) is 9.11 Å². The average molecular weight is 1050 g/mol. The third-order valence-corrected chi connectivity index (χ3v) is 17.5. The standard InChI is InChI=1S/C32H32N2O7S5.C23H23N2/c1-3-21(18-28-33(13-6-16-45(35,36)37)25-11-10-22-8-4-5-9-23(22)31(25)44-28)19-29-34(14-7-17-46(38,39)40)30-27(43-29)20-26(41-2)24-12-15-42-32(24)30;1-3-24-20(15-13-18-9-5-7-11-22(18)24)17-21-16-14-19-10-6-8-12-23(19)25(21)4-2/h4-5,8-12,15,18-20H,3,6-7,13-14,16-17H2,1-2H3,(H-,35,36,37,38,39,40);5-17H,3-4H2,1-2H3/q;+1/p+1. The molecular weight excluding hydrogens is 989 g/mol. The molecule has 0 aliphatic carbocycles. The van der Waals surface area contributed by atoms with Gasteiger partial charge in [-0.2, -0.15) is 26.0 Å². The number of thiophene rings is 1. The Balaban J connectivity index is 0.000000209. The Hall–Kier alpha value is -5.85. The van der Waals surface area contributed by atoms with E-state index < -0.39 is 20.2 Å². The lowest BCUT2D eigenvalue weighted by Gasteiger charge is -2.29. The molecule has 71 heavy (non-hydrogen) atoms. The van der Waals surface area contributed by atoms with Crippen molar-refractivity contribution < 1.29 is 39.8 Å². The van der Waals surface area contributed by atoms with Crippen LogP contribution in [-0.2, 0) is 33.3 Å². The van der Waals surface area contributed by atoms with Crippen LogP contribution in [0.5, 0.6) is 5.75 Å². The number of para-hydroxylation sites is 2. The summed E-state index contributed by atoms with van der Waals surface area (Å²) in [7, 11) is -6.55. The van der Waals surface area contributed by atoms with E-state index in [1.165, 1.54) is 33.5 Å². The highest BCUT2D eigenvalue weighted by Crippen LogP contribution is 2.50. The zero-order valence-electron chi connectivity index (χ0n) is 40.0. The number of aromatic nitrogens is 2. The minimum Gasteiger partial charge on any atom is -0.496 e. The lowest BCUT2D eigenvalue weighted by molar-refractivity contribution is -0.669. The summed E-state index contributed by atoms with van der Waals surface area (Å²) in [6.07, 6.45) is 12.2. The molecule has 5 heterocycles. The molecule has 11 nitrogen and oxygen atoms in total. The average Bonchev–Trinajstić information content (AvgIpc) is 4.08. The van der Waals surface area contributed by atoms with Gasteiger partial charge in [-0.25, -0.2) is 0 Å². The number of hydrogen-bond donors (Lipinski definition) is 2. The highest BCUT2D eigenvalue weighted by Gasteiger charge is 2.29. The molecule has 5 aromatic carbocycles. The Morgan fingerprint density at radius 2 is 1.49 bits per heavy atom. The fourth-order valence-electron chi connectivity index (χ4n) is 9.38. The number of aryl methyl sites for hydroxylation is 2. The van der Waals surface area contributed by atoms with Gasteiger partial charge in [-0.15, -0.1) is 11.3 Å². The minimum atomic E-state index is -4.11. The van der Waals surface area contributed by atoms with E-state index in [9.17, 15) is 25.9 Å². The highest BCUT2D eigenvalue weighted by molar-refractivity contribution is 8.04. The predicted octanol–water partition coefficient (Wildman–Crippen LogP) is 12.4. The first kappa shape index (κ1) is 50.1. The number of pyridine rings is 1. The summed E-state index contributed by atoms with van der Waals surface area (Å²) >= 11 is 4.84. The molecule has 0 atom stereocenters. The number of benzene rings is 5. The van der Waals surface area contributed by atoms with Crippen molar-refractivity contribution in [2.75, 3.05) is 41.5 Å². The van der Waals surface area contributed by atoms with Gasteiger partial charge in [-0.05, 0) is 96.5 Å². The van der Waals surface area contributed by atoms with Crippen molar-refractivity contribution >= 4 is 126 Å². The molecule has 0 unspecified atom stereocenters. The molecule has 2 aliphatic heterocycles. The van der Waals surface area contributed by atoms with E-state index in [4.69, 9.17) is 4.74 Å². The Morgan fingerprint density at radius 3 is 2.25 bits per heavy atom. The van der Waals surface area contributed by atoms with E-state index >= 15 is 0 Å². The molecule has 0 saturated carbocycles. The Morgan fingerprint density at radius 1 is 0.761 bits per heavy atom. The SMILES string of the molecule is CCC(/C=C1\Sc2c(ccc3ccccc23)N1CCCS(=O)(=O)O)=C\c1sc2cc(OC)c3ccsc3c2[n+]1CCCS(=O)(=O)O.CCN1/C(=C/c2ccc3ccccc3[n+]2CC)C=Cc2ccccc21. The van der Waals surface area contributed by atoms with E-state index in [2.05, 4.69) is 155 Å². The largest absolute Gasteiger partial charge is 0.496 e. The number of nitrogens with zero attached hydrogens (tertiary/aromatic N) is 4. The first-order chi connectivity index (χ1) is 34.3. The van der Waals surface area contributed by atoms with Crippen LogP contribution in [0.15, 0.2) is 148 Å². The molecule has 2 N–H and O–H groups in total. The molecule has 366 valence electrons. The number of fused-ring (bicyclic) bond motifs is 8. The molecule has 3 aromatic heterocycles. The number of ether oxygens (including phenoxy) is 1. The monoisotopic (exact) mass is 1040 g/mol. The van der Waals surface area contributed by atoms with Gasteiger partial charge >= 0.3 is 0 Å². The third kappa shape index (κ3) is 11.0. The van der Waals surface area contributed by atoms with Gasteiger partial charge < -0.3 is 14.5 Å². The van der Waals surface area contributed by atoms with Crippen LogP contribution in [0.1, 0.15) is 56.3 Å². The normalized spacial score (nSPS) is 15.0. The summed E-state index contributed by atoms with van der Waals surface area (Å²) < 4.78 is 77.3. The smallest absolute Gasteiger partial charge is 0.265 e. The number of anilines is 2. The second-order valence-corrected chi connectivity index (χ2v) is 23.3. The summed E-state index contributed by atoms with van der Waals surface area (Å²) in [5.41, 5.74) is 9.34. The van der Waals surface area contributed by atoms with Gasteiger partial charge in [0, 0.05) is 76.9 Å². The first-order valence-corrected chi connectivity index (χ1v) is 29.4. The second kappa shape index (κ2) is 21.5. The molecule has 0 saturated heterocycles. The van der Waals surface area contributed by atoms with Crippen LogP contribution in [0.4, 0.5) is 11.4 Å². The lowest BCUT2D eigenvalue weighted by Crippen LogP contribution is -2.37. The fraction of sp³-hybridized carbons (Fsp3) is 0.236. The highest BCUT2D eigenvalue weighted by atomic mass is 32.2. The van der Waals surface area contributed by atoms with Gasteiger partial charge in [0.15, 0.2) is 6.54 Å². The summed E-state index contributed by atoms with van der Waals surface area (Å²) in [5.74, 6) is 0.111.